The Morgan fingerprint density at radius 3 is 2.62 bits per heavy atom. The van der Waals surface area contributed by atoms with Crippen LogP contribution in [0.5, 0.6) is 0 Å². The highest BCUT2D eigenvalue weighted by molar-refractivity contribution is 5.70. The van der Waals surface area contributed by atoms with Gasteiger partial charge >= 0.3 is 5.97 Å². The van der Waals surface area contributed by atoms with Crippen molar-refractivity contribution in [2.75, 3.05) is 7.11 Å². The largest absolute Gasteiger partial charge is 0.469 e. The Morgan fingerprint density at radius 1 is 1.50 bits per heavy atom. The second-order valence-electron chi connectivity index (χ2n) is 5.56. The van der Waals surface area contributed by atoms with Gasteiger partial charge in [-0.25, -0.2) is 0 Å². The molecule has 0 bridgehead atoms. The van der Waals surface area contributed by atoms with Gasteiger partial charge in [0.1, 0.15) is 0 Å². The third kappa shape index (κ3) is 2.57. The van der Waals surface area contributed by atoms with Crippen molar-refractivity contribution in [2.24, 2.45) is 23.0 Å². The normalized spacial score (nSPS) is 36.8. The molecule has 0 aliphatic heterocycles. The lowest BCUT2D eigenvalue weighted by Gasteiger charge is -2.47. The average molecular weight is 227 g/mol. The zero-order chi connectivity index (χ0) is 12.3. The molecule has 0 radical (unpaired) electrons. The molecule has 3 nitrogen and oxygen atoms in total. The molecule has 1 fully saturated rings. The molecule has 1 saturated carbocycles. The minimum absolute atomic E-state index is 0.0457. The third-order valence-corrected chi connectivity index (χ3v) is 4.41. The summed E-state index contributed by atoms with van der Waals surface area (Å²) in [6.07, 6.45) is 3.92. The Balaban J connectivity index is 2.88. The SMILES string of the molecule is COC(=O)CC1(C(C)N)CC(C)CCC1C. The molecular weight excluding hydrogens is 202 g/mol. The molecule has 0 spiro atoms. The fourth-order valence-corrected chi connectivity index (χ4v) is 3.16. The lowest BCUT2D eigenvalue weighted by atomic mass is 9.59. The maximum Gasteiger partial charge on any atom is 0.306 e. The van der Waals surface area contributed by atoms with Crippen LogP contribution in [-0.4, -0.2) is 19.1 Å². The molecule has 1 rings (SSSR count). The zero-order valence-corrected chi connectivity index (χ0v) is 11.0. The lowest BCUT2D eigenvalue weighted by molar-refractivity contribution is -0.146. The molecule has 94 valence electrons. The Labute approximate surface area is 98.7 Å². The van der Waals surface area contributed by atoms with Crippen LogP contribution < -0.4 is 5.73 Å². The van der Waals surface area contributed by atoms with Crippen molar-refractivity contribution in [3.8, 4) is 0 Å². The number of carbonyl (C=O) groups excluding carboxylic acids is 1. The van der Waals surface area contributed by atoms with Crippen LogP contribution in [0.4, 0.5) is 0 Å². The van der Waals surface area contributed by atoms with Crippen LogP contribution >= 0.6 is 0 Å². The monoisotopic (exact) mass is 227 g/mol. The maximum atomic E-state index is 11.6. The van der Waals surface area contributed by atoms with E-state index in [1.165, 1.54) is 20.0 Å². The van der Waals surface area contributed by atoms with E-state index < -0.39 is 0 Å². The number of ether oxygens (including phenoxy) is 1. The summed E-state index contributed by atoms with van der Waals surface area (Å²) in [4.78, 5) is 11.6. The number of hydrogen-bond donors (Lipinski definition) is 1. The van der Waals surface area contributed by atoms with Gasteiger partial charge < -0.3 is 10.5 Å². The lowest BCUT2D eigenvalue weighted by Crippen LogP contribution is -2.49. The van der Waals surface area contributed by atoms with E-state index in [9.17, 15) is 4.79 Å². The molecule has 4 atom stereocenters. The quantitative estimate of drug-likeness (QED) is 0.753. The van der Waals surface area contributed by atoms with Gasteiger partial charge in [0, 0.05) is 6.04 Å². The molecule has 0 heterocycles. The number of carbonyl (C=O) groups is 1. The summed E-state index contributed by atoms with van der Waals surface area (Å²) < 4.78 is 4.82. The van der Waals surface area contributed by atoms with Crippen LogP contribution in [-0.2, 0) is 9.53 Å². The van der Waals surface area contributed by atoms with E-state index in [0.29, 0.717) is 18.3 Å². The number of rotatable bonds is 3. The molecule has 4 unspecified atom stereocenters. The minimum atomic E-state index is -0.127. The Hall–Kier alpha value is -0.570. The van der Waals surface area contributed by atoms with Gasteiger partial charge in [-0.05, 0) is 37.0 Å². The fourth-order valence-electron chi connectivity index (χ4n) is 3.16. The van der Waals surface area contributed by atoms with Crippen molar-refractivity contribution < 1.29 is 9.53 Å². The van der Waals surface area contributed by atoms with Gasteiger partial charge in [-0.1, -0.05) is 20.3 Å². The highest BCUT2D eigenvalue weighted by atomic mass is 16.5. The van der Waals surface area contributed by atoms with Crippen LogP contribution in [0.25, 0.3) is 0 Å². The van der Waals surface area contributed by atoms with Crippen molar-refractivity contribution in [1.29, 1.82) is 0 Å². The second kappa shape index (κ2) is 5.17. The molecule has 1 aliphatic carbocycles. The van der Waals surface area contributed by atoms with Crippen LogP contribution in [0.1, 0.15) is 46.5 Å². The van der Waals surface area contributed by atoms with Gasteiger partial charge in [0.05, 0.1) is 13.5 Å². The first-order valence-electron chi connectivity index (χ1n) is 6.24. The van der Waals surface area contributed by atoms with E-state index in [1.54, 1.807) is 0 Å². The highest BCUT2D eigenvalue weighted by Crippen LogP contribution is 2.48. The van der Waals surface area contributed by atoms with E-state index in [0.717, 1.165) is 6.42 Å². The summed E-state index contributed by atoms with van der Waals surface area (Å²) in [5.41, 5.74) is 6.09. The average Bonchev–Trinajstić information content (AvgIpc) is 2.23. The van der Waals surface area contributed by atoms with Crippen molar-refractivity contribution in [2.45, 2.75) is 52.5 Å². The first-order valence-corrected chi connectivity index (χ1v) is 6.24. The van der Waals surface area contributed by atoms with Crippen molar-refractivity contribution in [3.63, 3.8) is 0 Å². The van der Waals surface area contributed by atoms with E-state index >= 15 is 0 Å². The molecule has 1 aliphatic rings. The topological polar surface area (TPSA) is 52.3 Å². The van der Waals surface area contributed by atoms with E-state index in [4.69, 9.17) is 10.5 Å². The van der Waals surface area contributed by atoms with Gasteiger partial charge in [-0.3, -0.25) is 4.79 Å². The van der Waals surface area contributed by atoms with Crippen LogP contribution in [0.15, 0.2) is 0 Å². The minimum Gasteiger partial charge on any atom is -0.469 e. The predicted octanol–water partition coefficient (Wildman–Crippen LogP) is 2.34. The van der Waals surface area contributed by atoms with Crippen molar-refractivity contribution in [3.05, 3.63) is 0 Å². The molecule has 0 aromatic heterocycles. The summed E-state index contributed by atoms with van der Waals surface area (Å²) in [6.45, 7) is 6.50. The summed E-state index contributed by atoms with van der Waals surface area (Å²) in [6, 6.07) is 0.0457. The van der Waals surface area contributed by atoms with Gasteiger partial charge in [0.2, 0.25) is 0 Å². The Morgan fingerprint density at radius 2 is 2.12 bits per heavy atom. The zero-order valence-electron chi connectivity index (χ0n) is 11.0. The Bertz CT molecular complexity index is 252. The summed E-state index contributed by atoms with van der Waals surface area (Å²) in [7, 11) is 1.45. The molecular formula is C13H25NO2. The molecule has 0 aromatic rings. The summed E-state index contributed by atoms with van der Waals surface area (Å²) in [5.74, 6) is 1.04. The molecule has 0 saturated heterocycles. The highest BCUT2D eigenvalue weighted by Gasteiger charge is 2.45. The van der Waals surface area contributed by atoms with E-state index in [-0.39, 0.29) is 17.4 Å². The fraction of sp³-hybridized carbons (Fsp3) is 0.923. The van der Waals surface area contributed by atoms with E-state index in [2.05, 4.69) is 13.8 Å². The first kappa shape index (κ1) is 13.5. The van der Waals surface area contributed by atoms with Gasteiger partial charge in [-0.15, -0.1) is 0 Å². The summed E-state index contributed by atoms with van der Waals surface area (Å²) >= 11 is 0. The van der Waals surface area contributed by atoms with E-state index in [1.807, 2.05) is 6.92 Å². The Kier molecular flexibility index (Phi) is 4.36. The van der Waals surface area contributed by atoms with Gasteiger partial charge in [0.15, 0.2) is 0 Å². The third-order valence-electron chi connectivity index (χ3n) is 4.41. The molecule has 16 heavy (non-hydrogen) atoms. The van der Waals surface area contributed by atoms with Gasteiger partial charge in [-0.2, -0.15) is 0 Å². The predicted molar refractivity (Wildman–Crippen MR) is 64.9 cm³/mol. The molecule has 0 aromatic carbocycles. The smallest absolute Gasteiger partial charge is 0.306 e. The van der Waals surface area contributed by atoms with Crippen LogP contribution in [0, 0.1) is 17.3 Å². The van der Waals surface area contributed by atoms with Crippen molar-refractivity contribution >= 4 is 5.97 Å². The molecule has 2 N–H and O–H groups in total. The number of esters is 1. The number of nitrogens with two attached hydrogens (primary N) is 1. The second-order valence-corrected chi connectivity index (χ2v) is 5.56. The van der Waals surface area contributed by atoms with Crippen molar-refractivity contribution in [1.82, 2.24) is 0 Å². The molecule has 0 amide bonds. The van der Waals surface area contributed by atoms with Gasteiger partial charge in [0.25, 0.3) is 0 Å². The number of hydrogen-bond acceptors (Lipinski definition) is 3. The van der Waals surface area contributed by atoms with Crippen LogP contribution in [0.3, 0.4) is 0 Å². The first-order chi connectivity index (χ1) is 7.42. The molecule has 3 heteroatoms. The maximum absolute atomic E-state index is 11.6. The summed E-state index contributed by atoms with van der Waals surface area (Å²) in [5, 5.41) is 0. The standard InChI is InChI=1S/C13H25NO2/c1-9-5-6-10(2)13(7-9,11(3)14)8-12(15)16-4/h9-11H,5-8,14H2,1-4H3. The number of methoxy groups -OCH3 is 1. The van der Waals surface area contributed by atoms with Crippen LogP contribution in [0.2, 0.25) is 0 Å².